The third kappa shape index (κ3) is 4.68. The number of amides is 1. The number of benzene rings is 3. The minimum atomic E-state index is -0.579. The van der Waals surface area contributed by atoms with Crippen LogP contribution in [0.15, 0.2) is 59.4 Å². The fraction of sp³-hybridized carbons (Fsp3) is 0.185. The first-order chi connectivity index (χ1) is 18.0. The van der Waals surface area contributed by atoms with E-state index in [0.29, 0.717) is 34.8 Å². The van der Waals surface area contributed by atoms with Crippen LogP contribution in [0.5, 0.6) is 11.5 Å². The number of aromatic amines is 2. The zero-order valence-electron chi connectivity index (χ0n) is 20.5. The van der Waals surface area contributed by atoms with E-state index in [4.69, 9.17) is 14.2 Å². The van der Waals surface area contributed by atoms with Gasteiger partial charge in [-0.15, -0.1) is 0 Å². The standard InChI is InChI=1S/C27H25N5O5/c1-4-37-27(34)30-26-28-20-10-9-16(14-22(20)29-26)19-11-15(13-23(35-2)24(19)36-3)12-21-17-7-5-6-8-18(17)25(33)32-31-21/h5-11,13-14H,4,12H2,1-3H3,(H,32,33)(H2,28,29,30,34). The highest BCUT2D eigenvalue weighted by molar-refractivity contribution is 5.89. The van der Waals surface area contributed by atoms with Gasteiger partial charge in [-0.25, -0.2) is 14.9 Å². The molecule has 10 nitrogen and oxygen atoms in total. The summed E-state index contributed by atoms with van der Waals surface area (Å²) in [7, 11) is 3.18. The first kappa shape index (κ1) is 23.9. The van der Waals surface area contributed by atoms with E-state index in [-0.39, 0.29) is 12.2 Å². The van der Waals surface area contributed by atoms with Crippen LogP contribution in [0.25, 0.3) is 32.9 Å². The van der Waals surface area contributed by atoms with Crippen LogP contribution in [0.4, 0.5) is 10.7 Å². The fourth-order valence-corrected chi connectivity index (χ4v) is 4.34. The van der Waals surface area contributed by atoms with Gasteiger partial charge in [-0.2, -0.15) is 5.10 Å². The Bertz CT molecular complexity index is 1670. The van der Waals surface area contributed by atoms with Crippen LogP contribution in [0.1, 0.15) is 18.2 Å². The van der Waals surface area contributed by atoms with Crippen molar-refractivity contribution in [2.75, 3.05) is 26.1 Å². The molecule has 1 amide bonds. The molecule has 3 aromatic carbocycles. The number of methoxy groups -OCH3 is 2. The van der Waals surface area contributed by atoms with Crippen molar-refractivity contribution in [3.05, 3.63) is 76.2 Å². The molecule has 0 fully saturated rings. The summed E-state index contributed by atoms with van der Waals surface area (Å²) in [6, 6.07) is 17.0. The Morgan fingerprint density at radius 3 is 2.59 bits per heavy atom. The highest BCUT2D eigenvalue weighted by atomic mass is 16.5. The Morgan fingerprint density at radius 1 is 1.03 bits per heavy atom. The summed E-state index contributed by atoms with van der Waals surface area (Å²) in [6.45, 7) is 1.99. The number of rotatable bonds is 7. The predicted octanol–water partition coefficient (Wildman–Crippen LogP) is 4.64. The lowest BCUT2D eigenvalue weighted by atomic mass is 9.97. The van der Waals surface area contributed by atoms with E-state index in [1.54, 1.807) is 27.2 Å². The number of hydrogen-bond acceptors (Lipinski definition) is 7. The van der Waals surface area contributed by atoms with Crippen molar-refractivity contribution >= 4 is 33.8 Å². The number of ether oxygens (including phenoxy) is 3. The number of imidazole rings is 1. The lowest BCUT2D eigenvalue weighted by molar-refractivity contribution is 0.167. The van der Waals surface area contributed by atoms with Gasteiger partial charge in [0.25, 0.3) is 5.56 Å². The SMILES string of the molecule is CCOC(=O)Nc1nc2ccc(-c3cc(Cc4n[nH]c(=O)c5ccccc45)cc(OC)c3OC)cc2[nH]1. The summed E-state index contributed by atoms with van der Waals surface area (Å²) in [5.41, 5.74) is 4.51. The van der Waals surface area contributed by atoms with Crippen LogP contribution in [-0.2, 0) is 11.2 Å². The van der Waals surface area contributed by atoms with Crippen LogP contribution in [-0.4, -0.2) is 47.1 Å². The minimum absolute atomic E-state index is 0.225. The smallest absolute Gasteiger partial charge is 0.413 e. The van der Waals surface area contributed by atoms with E-state index >= 15 is 0 Å². The number of fused-ring (bicyclic) bond motifs is 2. The molecule has 37 heavy (non-hydrogen) atoms. The number of carbonyl (C=O) groups is 1. The maximum Gasteiger partial charge on any atom is 0.413 e. The summed E-state index contributed by atoms with van der Waals surface area (Å²) >= 11 is 0. The Kier molecular flexibility index (Phi) is 6.46. The highest BCUT2D eigenvalue weighted by Gasteiger charge is 2.17. The minimum Gasteiger partial charge on any atom is -0.493 e. The van der Waals surface area contributed by atoms with Gasteiger partial charge in [0.15, 0.2) is 11.5 Å². The molecule has 0 spiro atoms. The van der Waals surface area contributed by atoms with Crippen molar-refractivity contribution in [1.29, 1.82) is 0 Å². The molecule has 0 saturated heterocycles. The third-order valence-electron chi connectivity index (χ3n) is 5.97. The van der Waals surface area contributed by atoms with Gasteiger partial charge in [-0.05, 0) is 48.4 Å². The largest absolute Gasteiger partial charge is 0.493 e. The summed E-state index contributed by atoms with van der Waals surface area (Å²) in [4.78, 5) is 31.5. The summed E-state index contributed by atoms with van der Waals surface area (Å²) < 4.78 is 16.3. The highest BCUT2D eigenvalue weighted by Crippen LogP contribution is 2.40. The van der Waals surface area contributed by atoms with E-state index in [2.05, 4.69) is 25.5 Å². The molecular formula is C27H25N5O5. The van der Waals surface area contributed by atoms with Crippen molar-refractivity contribution in [1.82, 2.24) is 20.2 Å². The van der Waals surface area contributed by atoms with E-state index in [0.717, 1.165) is 33.3 Å². The number of aromatic nitrogens is 4. The second-order valence-electron chi connectivity index (χ2n) is 8.26. The van der Waals surface area contributed by atoms with E-state index < -0.39 is 6.09 Å². The zero-order chi connectivity index (χ0) is 25.9. The topological polar surface area (TPSA) is 131 Å². The predicted molar refractivity (Wildman–Crippen MR) is 140 cm³/mol. The first-order valence-electron chi connectivity index (χ1n) is 11.7. The van der Waals surface area contributed by atoms with Gasteiger partial charge in [0, 0.05) is 17.4 Å². The van der Waals surface area contributed by atoms with Crippen molar-refractivity contribution in [3.63, 3.8) is 0 Å². The van der Waals surface area contributed by atoms with E-state index in [9.17, 15) is 9.59 Å². The number of carbonyl (C=O) groups excluding carboxylic acids is 1. The third-order valence-corrected chi connectivity index (χ3v) is 5.97. The quantitative estimate of drug-likeness (QED) is 0.297. The number of H-pyrrole nitrogens is 2. The van der Waals surface area contributed by atoms with Crippen molar-refractivity contribution in [3.8, 4) is 22.6 Å². The summed E-state index contributed by atoms with van der Waals surface area (Å²) in [5, 5.41) is 10.9. The molecule has 2 heterocycles. The molecule has 0 radical (unpaired) electrons. The molecule has 0 bridgehead atoms. The summed E-state index contributed by atoms with van der Waals surface area (Å²) in [6.07, 6.45) is -0.117. The van der Waals surface area contributed by atoms with Gasteiger partial charge < -0.3 is 19.2 Å². The van der Waals surface area contributed by atoms with Crippen LogP contribution in [0, 0.1) is 0 Å². The van der Waals surface area contributed by atoms with E-state index in [1.165, 1.54) is 0 Å². The zero-order valence-corrected chi connectivity index (χ0v) is 20.5. The Morgan fingerprint density at radius 2 is 1.84 bits per heavy atom. The van der Waals surface area contributed by atoms with E-state index in [1.807, 2.05) is 48.5 Å². The van der Waals surface area contributed by atoms with Crippen LogP contribution < -0.4 is 20.3 Å². The van der Waals surface area contributed by atoms with Gasteiger partial charge >= 0.3 is 6.09 Å². The number of nitrogens with one attached hydrogen (secondary N) is 3. The molecule has 0 aliphatic heterocycles. The molecule has 2 aromatic heterocycles. The molecule has 0 unspecified atom stereocenters. The number of hydrogen-bond donors (Lipinski definition) is 3. The van der Waals surface area contributed by atoms with Crippen molar-refractivity contribution in [2.24, 2.45) is 0 Å². The first-order valence-corrected chi connectivity index (χ1v) is 11.7. The monoisotopic (exact) mass is 499 g/mol. The second kappa shape index (κ2) is 10.0. The average molecular weight is 500 g/mol. The van der Waals surface area contributed by atoms with Gasteiger partial charge in [-0.3, -0.25) is 10.1 Å². The molecule has 0 aliphatic carbocycles. The number of nitrogens with zero attached hydrogens (tertiary/aromatic N) is 2. The molecular weight excluding hydrogens is 474 g/mol. The van der Waals surface area contributed by atoms with Crippen molar-refractivity contribution < 1.29 is 19.0 Å². The Balaban J connectivity index is 1.56. The van der Waals surface area contributed by atoms with Crippen LogP contribution in [0.3, 0.4) is 0 Å². The maximum atomic E-state index is 12.2. The number of anilines is 1. The lowest BCUT2D eigenvalue weighted by Gasteiger charge is -2.16. The Hall–Kier alpha value is -4.86. The second-order valence-corrected chi connectivity index (χ2v) is 8.26. The molecule has 3 N–H and O–H groups in total. The molecule has 5 rings (SSSR count). The molecule has 0 atom stereocenters. The van der Waals surface area contributed by atoms with Gasteiger partial charge in [-0.1, -0.05) is 24.3 Å². The van der Waals surface area contributed by atoms with Gasteiger partial charge in [0.2, 0.25) is 5.95 Å². The Labute approximate surface area is 211 Å². The van der Waals surface area contributed by atoms with Crippen LogP contribution >= 0.6 is 0 Å². The lowest BCUT2D eigenvalue weighted by Crippen LogP contribution is -2.14. The molecule has 188 valence electrons. The maximum absolute atomic E-state index is 12.2. The molecule has 0 saturated carbocycles. The molecule has 0 aliphatic rings. The summed E-state index contributed by atoms with van der Waals surface area (Å²) in [5.74, 6) is 1.44. The molecule has 10 heteroatoms. The normalized spacial score (nSPS) is 11.0. The van der Waals surface area contributed by atoms with Crippen molar-refractivity contribution in [2.45, 2.75) is 13.3 Å². The fourth-order valence-electron chi connectivity index (χ4n) is 4.34. The van der Waals surface area contributed by atoms with Crippen LogP contribution in [0.2, 0.25) is 0 Å². The average Bonchev–Trinajstić information content (AvgIpc) is 3.31. The van der Waals surface area contributed by atoms with Gasteiger partial charge in [0.1, 0.15) is 0 Å². The molecule has 5 aromatic rings. The van der Waals surface area contributed by atoms with Gasteiger partial charge in [0.05, 0.1) is 42.9 Å².